The summed E-state index contributed by atoms with van der Waals surface area (Å²) >= 11 is 0.484. The van der Waals surface area contributed by atoms with Gasteiger partial charge in [0.1, 0.15) is 0 Å². The van der Waals surface area contributed by atoms with E-state index in [0.717, 1.165) is 0 Å². The molecule has 0 bridgehead atoms. The summed E-state index contributed by atoms with van der Waals surface area (Å²) in [6.45, 7) is -0.113. The SMILES string of the molecule is OCc1cccc(SC(F)F)c1. The van der Waals surface area contributed by atoms with Gasteiger partial charge in [-0.25, -0.2) is 0 Å². The minimum atomic E-state index is -2.40. The molecule has 0 radical (unpaired) electrons. The first-order chi connectivity index (χ1) is 5.72. The lowest BCUT2D eigenvalue weighted by Gasteiger charge is -2.01. The van der Waals surface area contributed by atoms with Crippen LogP contribution in [0.5, 0.6) is 0 Å². The first-order valence-electron chi connectivity index (χ1n) is 3.37. The molecule has 1 aromatic carbocycles. The Morgan fingerprint density at radius 2 is 2.17 bits per heavy atom. The fraction of sp³-hybridized carbons (Fsp3) is 0.250. The van der Waals surface area contributed by atoms with Crippen molar-refractivity contribution in [3.8, 4) is 0 Å². The summed E-state index contributed by atoms with van der Waals surface area (Å²) in [5.41, 5.74) is 0.653. The van der Waals surface area contributed by atoms with Crippen LogP contribution in [-0.4, -0.2) is 10.9 Å². The quantitative estimate of drug-likeness (QED) is 0.739. The van der Waals surface area contributed by atoms with E-state index in [1.807, 2.05) is 0 Å². The molecular formula is C8H8F2OS. The summed E-state index contributed by atoms with van der Waals surface area (Å²) < 4.78 is 23.7. The molecule has 0 heterocycles. The molecule has 0 saturated heterocycles. The molecule has 0 spiro atoms. The van der Waals surface area contributed by atoms with Crippen LogP contribution in [0.4, 0.5) is 8.78 Å². The van der Waals surface area contributed by atoms with Crippen molar-refractivity contribution in [3.05, 3.63) is 29.8 Å². The van der Waals surface area contributed by atoms with Gasteiger partial charge in [0.2, 0.25) is 0 Å². The summed E-state index contributed by atoms with van der Waals surface area (Å²) in [7, 11) is 0. The van der Waals surface area contributed by atoms with Crippen LogP contribution < -0.4 is 0 Å². The summed E-state index contributed by atoms with van der Waals surface area (Å²) in [6, 6.07) is 6.48. The monoisotopic (exact) mass is 190 g/mol. The average molecular weight is 190 g/mol. The molecular weight excluding hydrogens is 182 g/mol. The third kappa shape index (κ3) is 2.79. The van der Waals surface area contributed by atoms with E-state index in [1.165, 1.54) is 0 Å². The lowest BCUT2D eigenvalue weighted by atomic mass is 10.2. The van der Waals surface area contributed by atoms with E-state index in [1.54, 1.807) is 24.3 Å². The molecule has 0 saturated carbocycles. The van der Waals surface area contributed by atoms with E-state index in [-0.39, 0.29) is 6.61 Å². The summed E-state index contributed by atoms with van der Waals surface area (Å²) in [4.78, 5) is 0.483. The molecule has 0 atom stereocenters. The highest BCUT2D eigenvalue weighted by molar-refractivity contribution is 7.99. The summed E-state index contributed by atoms with van der Waals surface area (Å²) in [5.74, 6) is -2.40. The standard InChI is InChI=1S/C8H8F2OS/c9-8(10)12-7-3-1-2-6(4-7)5-11/h1-4,8,11H,5H2. The van der Waals surface area contributed by atoms with E-state index < -0.39 is 5.76 Å². The van der Waals surface area contributed by atoms with Crippen LogP contribution in [0.25, 0.3) is 0 Å². The van der Waals surface area contributed by atoms with E-state index in [0.29, 0.717) is 22.2 Å². The van der Waals surface area contributed by atoms with Crippen molar-refractivity contribution < 1.29 is 13.9 Å². The van der Waals surface area contributed by atoms with Crippen molar-refractivity contribution >= 4 is 11.8 Å². The van der Waals surface area contributed by atoms with Gasteiger partial charge in [-0.1, -0.05) is 23.9 Å². The molecule has 0 fully saturated rings. The third-order valence-corrected chi connectivity index (χ3v) is 2.01. The van der Waals surface area contributed by atoms with Gasteiger partial charge in [0, 0.05) is 4.90 Å². The molecule has 4 heteroatoms. The first kappa shape index (κ1) is 9.48. The zero-order valence-electron chi connectivity index (χ0n) is 6.21. The highest BCUT2D eigenvalue weighted by Crippen LogP contribution is 2.25. The molecule has 1 N–H and O–H groups in total. The van der Waals surface area contributed by atoms with Crippen molar-refractivity contribution in [2.45, 2.75) is 17.3 Å². The Hall–Kier alpha value is -0.610. The minimum absolute atomic E-state index is 0.113. The Kier molecular flexibility index (Phi) is 3.49. The summed E-state index contributed by atoms with van der Waals surface area (Å²) in [5, 5.41) is 8.70. The van der Waals surface area contributed by atoms with Crippen molar-refractivity contribution in [1.82, 2.24) is 0 Å². The molecule has 1 rings (SSSR count). The summed E-state index contributed by atoms with van der Waals surface area (Å²) in [6.07, 6.45) is 0. The molecule has 66 valence electrons. The highest BCUT2D eigenvalue weighted by atomic mass is 32.2. The third-order valence-electron chi connectivity index (χ3n) is 1.31. The van der Waals surface area contributed by atoms with Crippen LogP contribution in [-0.2, 0) is 6.61 Å². The predicted octanol–water partition coefficient (Wildman–Crippen LogP) is 2.49. The first-order valence-corrected chi connectivity index (χ1v) is 4.25. The van der Waals surface area contributed by atoms with Gasteiger partial charge in [-0.15, -0.1) is 0 Å². The normalized spacial score (nSPS) is 10.7. The van der Waals surface area contributed by atoms with Gasteiger partial charge >= 0.3 is 0 Å². The molecule has 0 amide bonds. The molecule has 0 unspecified atom stereocenters. The second-order valence-electron chi connectivity index (χ2n) is 2.18. The lowest BCUT2D eigenvalue weighted by Crippen LogP contribution is -1.85. The maximum atomic E-state index is 11.9. The van der Waals surface area contributed by atoms with Gasteiger partial charge in [-0.3, -0.25) is 0 Å². The topological polar surface area (TPSA) is 20.2 Å². The fourth-order valence-electron chi connectivity index (χ4n) is 0.820. The Morgan fingerprint density at radius 1 is 1.42 bits per heavy atom. The van der Waals surface area contributed by atoms with E-state index in [2.05, 4.69) is 0 Å². The van der Waals surface area contributed by atoms with E-state index in [9.17, 15) is 8.78 Å². The Bertz CT molecular complexity index is 253. The van der Waals surface area contributed by atoms with Crippen LogP contribution in [0.15, 0.2) is 29.2 Å². The molecule has 0 aliphatic carbocycles. The van der Waals surface area contributed by atoms with Crippen molar-refractivity contribution in [2.75, 3.05) is 0 Å². The number of aliphatic hydroxyl groups excluding tert-OH is 1. The number of rotatable bonds is 3. The van der Waals surface area contributed by atoms with E-state index in [4.69, 9.17) is 5.11 Å². The van der Waals surface area contributed by atoms with Gasteiger partial charge in [-0.2, -0.15) is 8.78 Å². The lowest BCUT2D eigenvalue weighted by molar-refractivity contribution is 0.252. The van der Waals surface area contributed by atoms with E-state index >= 15 is 0 Å². The van der Waals surface area contributed by atoms with Crippen LogP contribution in [0.2, 0.25) is 0 Å². The van der Waals surface area contributed by atoms with Crippen LogP contribution in [0.1, 0.15) is 5.56 Å². The molecule has 0 aliphatic heterocycles. The van der Waals surface area contributed by atoms with Gasteiger partial charge in [-0.05, 0) is 17.7 Å². The molecule has 1 aromatic rings. The number of hydrogen-bond acceptors (Lipinski definition) is 2. The number of halogens is 2. The van der Waals surface area contributed by atoms with Crippen LogP contribution in [0.3, 0.4) is 0 Å². The van der Waals surface area contributed by atoms with Crippen molar-refractivity contribution in [1.29, 1.82) is 0 Å². The average Bonchev–Trinajstić information content (AvgIpc) is 2.03. The fourth-order valence-corrected chi connectivity index (χ4v) is 1.40. The minimum Gasteiger partial charge on any atom is -0.392 e. The van der Waals surface area contributed by atoms with Crippen LogP contribution in [0, 0.1) is 0 Å². The molecule has 0 aliphatic rings. The molecule has 0 aromatic heterocycles. The Labute approximate surface area is 73.4 Å². The van der Waals surface area contributed by atoms with Gasteiger partial charge < -0.3 is 5.11 Å². The maximum absolute atomic E-state index is 11.9. The number of benzene rings is 1. The van der Waals surface area contributed by atoms with Gasteiger partial charge in [0.25, 0.3) is 5.76 Å². The predicted molar refractivity (Wildman–Crippen MR) is 44.2 cm³/mol. The molecule has 12 heavy (non-hydrogen) atoms. The zero-order valence-corrected chi connectivity index (χ0v) is 7.02. The van der Waals surface area contributed by atoms with Crippen molar-refractivity contribution in [3.63, 3.8) is 0 Å². The largest absolute Gasteiger partial charge is 0.392 e. The Morgan fingerprint density at radius 3 is 2.75 bits per heavy atom. The smallest absolute Gasteiger partial charge is 0.288 e. The Balaban J connectivity index is 2.72. The number of hydrogen-bond donors (Lipinski definition) is 1. The molecule has 1 nitrogen and oxygen atoms in total. The van der Waals surface area contributed by atoms with Crippen molar-refractivity contribution in [2.24, 2.45) is 0 Å². The second kappa shape index (κ2) is 4.42. The van der Waals surface area contributed by atoms with Gasteiger partial charge in [0.05, 0.1) is 6.61 Å². The number of thioether (sulfide) groups is 1. The number of alkyl halides is 2. The number of aliphatic hydroxyl groups is 1. The highest BCUT2D eigenvalue weighted by Gasteiger charge is 2.04. The van der Waals surface area contributed by atoms with Gasteiger partial charge in [0.15, 0.2) is 0 Å². The second-order valence-corrected chi connectivity index (χ2v) is 3.25. The maximum Gasteiger partial charge on any atom is 0.288 e. The van der Waals surface area contributed by atoms with Crippen LogP contribution >= 0.6 is 11.8 Å². The zero-order chi connectivity index (χ0) is 8.97.